The second-order valence-electron chi connectivity index (χ2n) is 7.69. The Kier molecular flexibility index (Phi) is 5.94. The Morgan fingerprint density at radius 3 is 2.60 bits per heavy atom. The lowest BCUT2D eigenvalue weighted by Crippen LogP contribution is -2.47. The minimum absolute atomic E-state index is 0.383. The maximum Gasteiger partial charge on any atom is 0.225 e. The van der Waals surface area contributed by atoms with Crippen molar-refractivity contribution < 1.29 is 0 Å². The molecule has 4 heterocycles. The van der Waals surface area contributed by atoms with Gasteiger partial charge in [-0.3, -0.25) is 4.98 Å². The second-order valence-corrected chi connectivity index (χ2v) is 7.69. The quantitative estimate of drug-likeness (QED) is 0.824. The number of allylic oxidation sites excluding steroid dienone is 3. The van der Waals surface area contributed by atoms with Crippen molar-refractivity contribution in [1.82, 2.24) is 20.3 Å². The summed E-state index contributed by atoms with van der Waals surface area (Å²) in [6.07, 6.45) is 14.4. The van der Waals surface area contributed by atoms with E-state index >= 15 is 0 Å². The normalized spacial score (nSPS) is 16.9. The van der Waals surface area contributed by atoms with E-state index in [1.54, 1.807) is 12.4 Å². The molecule has 30 heavy (non-hydrogen) atoms. The smallest absolute Gasteiger partial charge is 0.225 e. The number of piperidine rings is 1. The molecule has 0 atom stereocenters. The van der Waals surface area contributed by atoms with Crippen molar-refractivity contribution in [2.24, 2.45) is 0 Å². The van der Waals surface area contributed by atoms with Crippen LogP contribution in [0.1, 0.15) is 37.8 Å². The van der Waals surface area contributed by atoms with Crippen LogP contribution < -0.4 is 15.1 Å². The van der Waals surface area contributed by atoms with Crippen LogP contribution in [0.25, 0.3) is 0 Å². The number of aromatic nitrogens is 3. The van der Waals surface area contributed by atoms with Crippen LogP contribution in [-0.4, -0.2) is 40.6 Å². The molecule has 154 valence electrons. The summed E-state index contributed by atoms with van der Waals surface area (Å²) in [5.41, 5.74) is 5.47. The third kappa shape index (κ3) is 4.13. The Hall–Kier alpha value is -3.40. The summed E-state index contributed by atoms with van der Waals surface area (Å²) in [5, 5.41) is 12.4. The zero-order valence-electron chi connectivity index (χ0n) is 17.5. The van der Waals surface area contributed by atoms with Crippen LogP contribution in [0.3, 0.4) is 0 Å². The number of nitrogens with one attached hydrogen (secondary N) is 1. The molecule has 4 rings (SSSR count). The van der Waals surface area contributed by atoms with Crippen molar-refractivity contribution >= 4 is 11.6 Å². The van der Waals surface area contributed by atoms with Crippen LogP contribution in [0, 0.1) is 11.3 Å². The number of dihydropyridines is 1. The molecule has 0 radical (unpaired) electrons. The van der Waals surface area contributed by atoms with E-state index in [0.717, 1.165) is 38.9 Å². The standard InChI is InChI=1S/C23H27N7/c1-3-19-6-9-25-16-22(19)30(21-5-4-17(2)26-15-21)20-7-10-29(11-8-20)23-27-13-18(12-24)14-28-23/h4-6,9,13-14,16,20,26H,3,7-8,10-11,15H2,1-2H3. The van der Waals surface area contributed by atoms with Gasteiger partial charge < -0.3 is 15.1 Å². The largest absolute Gasteiger partial charge is 0.383 e. The molecule has 1 N–H and O–H groups in total. The van der Waals surface area contributed by atoms with E-state index < -0.39 is 0 Å². The van der Waals surface area contributed by atoms with Crippen molar-refractivity contribution in [3.05, 3.63) is 65.5 Å². The first-order chi connectivity index (χ1) is 14.7. The predicted molar refractivity (Wildman–Crippen MR) is 118 cm³/mol. The summed E-state index contributed by atoms with van der Waals surface area (Å²) >= 11 is 0. The van der Waals surface area contributed by atoms with Gasteiger partial charge in [-0.1, -0.05) is 6.92 Å². The maximum atomic E-state index is 8.96. The van der Waals surface area contributed by atoms with Crippen molar-refractivity contribution in [3.8, 4) is 6.07 Å². The van der Waals surface area contributed by atoms with Crippen LogP contribution in [0.5, 0.6) is 0 Å². The lowest BCUT2D eigenvalue weighted by molar-refractivity contribution is 0.474. The fraction of sp³-hybridized carbons (Fsp3) is 0.391. The van der Waals surface area contributed by atoms with Crippen LogP contribution in [0.4, 0.5) is 11.6 Å². The van der Waals surface area contributed by atoms with E-state index in [-0.39, 0.29) is 0 Å². The van der Waals surface area contributed by atoms with Gasteiger partial charge in [-0.05, 0) is 50.0 Å². The van der Waals surface area contributed by atoms with Gasteiger partial charge in [-0.25, -0.2) is 9.97 Å². The molecule has 2 aliphatic rings. The molecule has 0 unspecified atom stereocenters. The monoisotopic (exact) mass is 401 g/mol. The molecule has 2 aromatic heterocycles. The number of pyridine rings is 1. The van der Waals surface area contributed by atoms with Gasteiger partial charge in [0, 0.05) is 36.7 Å². The molecule has 0 bridgehead atoms. The SMILES string of the molecule is CCc1ccncc1N(C1=CC=C(C)NC1)C1CCN(c2ncc(C#N)cn2)CC1. The van der Waals surface area contributed by atoms with E-state index in [1.807, 2.05) is 12.4 Å². The number of aryl methyl sites for hydroxylation is 1. The first-order valence-electron chi connectivity index (χ1n) is 10.5. The van der Waals surface area contributed by atoms with Gasteiger partial charge >= 0.3 is 0 Å². The van der Waals surface area contributed by atoms with Gasteiger partial charge in [0.1, 0.15) is 6.07 Å². The molecule has 0 spiro atoms. The highest BCUT2D eigenvalue weighted by molar-refractivity contribution is 5.59. The molecule has 1 fully saturated rings. The van der Waals surface area contributed by atoms with Gasteiger partial charge in [-0.2, -0.15) is 5.26 Å². The Balaban J connectivity index is 1.57. The summed E-state index contributed by atoms with van der Waals surface area (Å²) in [4.78, 5) is 17.9. The highest BCUT2D eigenvalue weighted by Crippen LogP contribution is 2.31. The second kappa shape index (κ2) is 8.95. The third-order valence-corrected chi connectivity index (χ3v) is 5.79. The summed E-state index contributed by atoms with van der Waals surface area (Å²) in [6, 6.07) is 4.58. The molecule has 2 aromatic rings. The van der Waals surface area contributed by atoms with Crippen LogP contribution in [0.15, 0.2) is 54.4 Å². The highest BCUT2D eigenvalue weighted by Gasteiger charge is 2.29. The molecular formula is C23H27N7. The number of hydrogen-bond acceptors (Lipinski definition) is 7. The average Bonchev–Trinajstić information content (AvgIpc) is 2.81. The van der Waals surface area contributed by atoms with Crippen molar-refractivity contribution in [2.45, 2.75) is 39.2 Å². The number of anilines is 2. The van der Waals surface area contributed by atoms with Gasteiger partial charge in [-0.15, -0.1) is 0 Å². The molecular weight excluding hydrogens is 374 g/mol. The van der Waals surface area contributed by atoms with Gasteiger partial charge in [0.2, 0.25) is 5.95 Å². The van der Waals surface area contributed by atoms with Gasteiger partial charge in [0.15, 0.2) is 0 Å². The summed E-state index contributed by atoms with van der Waals surface area (Å²) in [5.74, 6) is 0.701. The molecule has 2 aliphatic heterocycles. The predicted octanol–water partition coefficient (Wildman–Crippen LogP) is 3.17. The van der Waals surface area contributed by atoms with Crippen molar-refractivity contribution in [1.29, 1.82) is 5.26 Å². The van der Waals surface area contributed by atoms with Crippen molar-refractivity contribution in [2.75, 3.05) is 29.4 Å². The molecule has 0 saturated carbocycles. The first kappa shape index (κ1) is 19.9. The number of hydrogen-bond donors (Lipinski definition) is 1. The molecule has 7 nitrogen and oxygen atoms in total. The topological polar surface area (TPSA) is 81.0 Å². The lowest BCUT2D eigenvalue weighted by atomic mass is 9.99. The number of nitriles is 1. The van der Waals surface area contributed by atoms with E-state index in [2.05, 4.69) is 68.2 Å². The minimum atomic E-state index is 0.383. The molecule has 0 aliphatic carbocycles. The molecule has 1 saturated heterocycles. The third-order valence-electron chi connectivity index (χ3n) is 5.79. The van der Waals surface area contributed by atoms with Crippen LogP contribution in [-0.2, 0) is 6.42 Å². The van der Waals surface area contributed by atoms with Gasteiger partial charge in [0.05, 0.1) is 36.4 Å². The van der Waals surface area contributed by atoms with Crippen molar-refractivity contribution in [3.63, 3.8) is 0 Å². The average molecular weight is 402 g/mol. The van der Waals surface area contributed by atoms with Crippen LogP contribution >= 0.6 is 0 Å². The van der Waals surface area contributed by atoms with E-state index in [1.165, 1.54) is 22.6 Å². The fourth-order valence-electron chi connectivity index (χ4n) is 4.12. The Morgan fingerprint density at radius 2 is 1.97 bits per heavy atom. The highest BCUT2D eigenvalue weighted by atomic mass is 15.3. The van der Waals surface area contributed by atoms with Crippen LogP contribution in [0.2, 0.25) is 0 Å². The van der Waals surface area contributed by atoms with E-state index in [9.17, 15) is 0 Å². The summed E-state index contributed by atoms with van der Waals surface area (Å²) < 4.78 is 0. The summed E-state index contributed by atoms with van der Waals surface area (Å²) in [6.45, 7) is 6.86. The fourth-order valence-corrected chi connectivity index (χ4v) is 4.12. The molecule has 7 heteroatoms. The first-order valence-corrected chi connectivity index (χ1v) is 10.5. The minimum Gasteiger partial charge on any atom is -0.383 e. The van der Waals surface area contributed by atoms with Gasteiger partial charge in [0.25, 0.3) is 0 Å². The Labute approximate surface area is 177 Å². The van der Waals surface area contributed by atoms with E-state index in [0.29, 0.717) is 17.6 Å². The zero-order chi connectivity index (χ0) is 20.9. The number of rotatable bonds is 5. The summed E-state index contributed by atoms with van der Waals surface area (Å²) in [7, 11) is 0. The lowest BCUT2D eigenvalue weighted by Gasteiger charge is -2.42. The number of nitrogens with zero attached hydrogens (tertiary/aromatic N) is 6. The maximum absolute atomic E-state index is 8.96. The Morgan fingerprint density at radius 1 is 1.20 bits per heavy atom. The Bertz CT molecular complexity index is 979. The molecule has 0 aromatic carbocycles. The zero-order valence-corrected chi connectivity index (χ0v) is 17.5. The molecule has 0 amide bonds. The van der Waals surface area contributed by atoms with E-state index in [4.69, 9.17) is 5.26 Å².